The van der Waals surface area contributed by atoms with E-state index in [0.717, 1.165) is 36.8 Å². The minimum Gasteiger partial charge on any atom is -0.388 e. The lowest BCUT2D eigenvalue weighted by Gasteiger charge is -2.27. The number of aliphatic hydroxyl groups is 1. The summed E-state index contributed by atoms with van der Waals surface area (Å²) in [6, 6.07) is 5.69. The Balaban J connectivity index is 1.96. The van der Waals surface area contributed by atoms with Crippen LogP contribution in [0.3, 0.4) is 0 Å². The Morgan fingerprint density at radius 3 is 2.71 bits per heavy atom. The van der Waals surface area contributed by atoms with E-state index in [1.54, 1.807) is 18.0 Å². The molecule has 4 heteroatoms. The van der Waals surface area contributed by atoms with Crippen LogP contribution in [0.25, 0.3) is 6.08 Å². The molecule has 114 valence electrons. The lowest BCUT2D eigenvalue weighted by Crippen LogP contribution is -2.41. The predicted molar refractivity (Wildman–Crippen MR) is 86.3 cm³/mol. The van der Waals surface area contributed by atoms with Crippen molar-refractivity contribution in [2.24, 2.45) is 0 Å². The Labute approximate surface area is 131 Å². The molecule has 1 saturated carbocycles. The average molecular weight is 308 g/mol. The quantitative estimate of drug-likeness (QED) is 0.866. The number of nitrogens with zero attached hydrogens (tertiary/aromatic N) is 1. The van der Waals surface area contributed by atoms with Gasteiger partial charge in [0.25, 0.3) is 0 Å². The largest absolute Gasteiger partial charge is 0.388 e. The van der Waals surface area contributed by atoms with Crippen LogP contribution in [0.2, 0.25) is 5.02 Å². The first kappa shape index (κ1) is 16.1. The highest BCUT2D eigenvalue weighted by atomic mass is 35.5. The summed E-state index contributed by atoms with van der Waals surface area (Å²) in [4.78, 5) is 13.7. The molecule has 1 aromatic rings. The van der Waals surface area contributed by atoms with Crippen LogP contribution in [0.15, 0.2) is 24.3 Å². The fourth-order valence-electron chi connectivity index (χ4n) is 2.72. The highest BCUT2D eigenvalue weighted by Gasteiger charge is 2.32. The first-order valence-electron chi connectivity index (χ1n) is 7.31. The molecule has 0 saturated heterocycles. The molecule has 0 spiro atoms. The van der Waals surface area contributed by atoms with E-state index in [4.69, 9.17) is 11.6 Å². The second-order valence-corrected chi connectivity index (χ2v) is 6.37. The Kier molecular flexibility index (Phi) is 5.07. The Morgan fingerprint density at radius 2 is 2.10 bits per heavy atom. The van der Waals surface area contributed by atoms with E-state index in [2.05, 4.69) is 0 Å². The molecule has 1 aliphatic carbocycles. The second-order valence-electron chi connectivity index (χ2n) is 5.97. The van der Waals surface area contributed by atoms with Gasteiger partial charge in [0, 0.05) is 24.7 Å². The van der Waals surface area contributed by atoms with Crippen molar-refractivity contribution < 1.29 is 9.90 Å². The summed E-state index contributed by atoms with van der Waals surface area (Å²) < 4.78 is 0. The number of halogens is 1. The van der Waals surface area contributed by atoms with Crippen molar-refractivity contribution in [3.8, 4) is 0 Å². The number of aryl methyl sites for hydroxylation is 1. The SMILES string of the molecule is Cc1ccc(/C=C/C(=O)N(C)CC2(O)CCCC2)cc1Cl. The van der Waals surface area contributed by atoms with Crippen LogP contribution in [0.1, 0.15) is 36.8 Å². The fourth-order valence-corrected chi connectivity index (χ4v) is 2.91. The van der Waals surface area contributed by atoms with Crippen LogP contribution in [0.4, 0.5) is 0 Å². The fraction of sp³-hybridized carbons (Fsp3) is 0.471. The molecule has 1 amide bonds. The van der Waals surface area contributed by atoms with Crippen molar-refractivity contribution in [2.45, 2.75) is 38.2 Å². The first-order valence-corrected chi connectivity index (χ1v) is 7.69. The normalized spacial score (nSPS) is 17.3. The van der Waals surface area contributed by atoms with E-state index in [1.165, 1.54) is 6.08 Å². The molecule has 1 fully saturated rings. The van der Waals surface area contributed by atoms with Crippen molar-refractivity contribution in [3.63, 3.8) is 0 Å². The zero-order valence-electron chi connectivity index (χ0n) is 12.6. The van der Waals surface area contributed by atoms with Crippen LogP contribution in [-0.2, 0) is 4.79 Å². The highest BCUT2D eigenvalue weighted by Crippen LogP contribution is 2.30. The second kappa shape index (κ2) is 6.63. The first-order chi connectivity index (χ1) is 9.89. The van der Waals surface area contributed by atoms with Gasteiger partial charge in [-0.05, 0) is 43.0 Å². The molecule has 1 aliphatic rings. The topological polar surface area (TPSA) is 40.5 Å². The predicted octanol–water partition coefficient (Wildman–Crippen LogP) is 3.43. The number of rotatable bonds is 4. The summed E-state index contributed by atoms with van der Waals surface area (Å²) in [5.74, 6) is -0.105. The van der Waals surface area contributed by atoms with E-state index in [-0.39, 0.29) is 5.91 Å². The standard InChI is InChI=1S/C17H22ClNO2/c1-13-5-6-14(11-15(13)18)7-8-16(20)19(2)12-17(21)9-3-4-10-17/h5-8,11,21H,3-4,9-10,12H2,1-2H3/b8-7+. The van der Waals surface area contributed by atoms with E-state index in [1.807, 2.05) is 25.1 Å². The van der Waals surface area contributed by atoms with E-state index in [0.29, 0.717) is 11.6 Å². The molecule has 0 radical (unpaired) electrons. The molecule has 0 aliphatic heterocycles. The lowest BCUT2D eigenvalue weighted by atomic mass is 10.0. The molecular weight excluding hydrogens is 286 g/mol. The van der Waals surface area contributed by atoms with Crippen LogP contribution >= 0.6 is 11.6 Å². The van der Waals surface area contributed by atoms with Gasteiger partial charge in [-0.15, -0.1) is 0 Å². The maximum atomic E-state index is 12.1. The Hall–Kier alpha value is -1.32. The van der Waals surface area contributed by atoms with Crippen LogP contribution in [-0.4, -0.2) is 35.1 Å². The van der Waals surface area contributed by atoms with Crippen LogP contribution in [0, 0.1) is 6.92 Å². The zero-order valence-corrected chi connectivity index (χ0v) is 13.4. The van der Waals surface area contributed by atoms with Crippen molar-refractivity contribution >= 4 is 23.6 Å². The van der Waals surface area contributed by atoms with Gasteiger partial charge in [0.1, 0.15) is 0 Å². The zero-order chi connectivity index (χ0) is 15.5. The smallest absolute Gasteiger partial charge is 0.246 e. The van der Waals surface area contributed by atoms with Gasteiger partial charge in [-0.3, -0.25) is 4.79 Å². The molecule has 0 bridgehead atoms. The number of hydrogen-bond acceptors (Lipinski definition) is 2. The average Bonchev–Trinajstić information content (AvgIpc) is 2.86. The molecule has 0 unspecified atom stereocenters. The molecule has 1 N–H and O–H groups in total. The highest BCUT2D eigenvalue weighted by molar-refractivity contribution is 6.31. The summed E-state index contributed by atoms with van der Waals surface area (Å²) in [5.41, 5.74) is 1.21. The van der Waals surface area contributed by atoms with Crippen LogP contribution < -0.4 is 0 Å². The number of carbonyl (C=O) groups is 1. The number of carbonyl (C=O) groups excluding carboxylic acids is 1. The van der Waals surface area contributed by atoms with Gasteiger partial charge in [0.2, 0.25) is 5.91 Å². The Morgan fingerprint density at radius 1 is 1.43 bits per heavy atom. The molecule has 0 heterocycles. The number of likely N-dealkylation sites (N-methyl/N-ethyl adjacent to an activating group) is 1. The molecule has 0 atom stereocenters. The third kappa shape index (κ3) is 4.32. The van der Waals surface area contributed by atoms with Gasteiger partial charge < -0.3 is 10.0 Å². The summed E-state index contributed by atoms with van der Waals surface area (Å²) in [5, 5.41) is 11.0. The minimum absolute atomic E-state index is 0.105. The molecule has 21 heavy (non-hydrogen) atoms. The van der Waals surface area contributed by atoms with Gasteiger partial charge in [0.05, 0.1) is 5.60 Å². The molecule has 2 rings (SSSR count). The number of amides is 1. The van der Waals surface area contributed by atoms with Gasteiger partial charge >= 0.3 is 0 Å². The number of hydrogen-bond donors (Lipinski definition) is 1. The molecular formula is C17H22ClNO2. The minimum atomic E-state index is -0.703. The maximum Gasteiger partial charge on any atom is 0.246 e. The van der Waals surface area contributed by atoms with Crippen molar-refractivity contribution in [1.82, 2.24) is 4.90 Å². The van der Waals surface area contributed by atoms with Crippen molar-refractivity contribution in [1.29, 1.82) is 0 Å². The summed E-state index contributed by atoms with van der Waals surface area (Å²) >= 11 is 6.06. The molecule has 1 aromatic carbocycles. The van der Waals surface area contributed by atoms with E-state index >= 15 is 0 Å². The summed E-state index contributed by atoms with van der Waals surface area (Å²) in [6.45, 7) is 2.34. The van der Waals surface area contributed by atoms with Gasteiger partial charge in [-0.25, -0.2) is 0 Å². The summed E-state index contributed by atoms with van der Waals surface area (Å²) in [7, 11) is 1.73. The van der Waals surface area contributed by atoms with Crippen molar-refractivity contribution in [3.05, 3.63) is 40.4 Å². The van der Waals surface area contributed by atoms with Gasteiger partial charge in [0.15, 0.2) is 0 Å². The third-order valence-electron chi connectivity index (χ3n) is 4.06. The lowest BCUT2D eigenvalue weighted by molar-refractivity contribution is -0.127. The Bertz CT molecular complexity index is 548. The summed E-state index contributed by atoms with van der Waals surface area (Å²) in [6.07, 6.45) is 6.92. The van der Waals surface area contributed by atoms with E-state index < -0.39 is 5.60 Å². The van der Waals surface area contributed by atoms with Crippen LogP contribution in [0.5, 0.6) is 0 Å². The third-order valence-corrected chi connectivity index (χ3v) is 4.46. The van der Waals surface area contributed by atoms with Crippen molar-refractivity contribution in [2.75, 3.05) is 13.6 Å². The van der Waals surface area contributed by atoms with Gasteiger partial charge in [-0.2, -0.15) is 0 Å². The maximum absolute atomic E-state index is 12.1. The molecule has 0 aromatic heterocycles. The number of benzene rings is 1. The molecule has 3 nitrogen and oxygen atoms in total. The monoisotopic (exact) mass is 307 g/mol. The van der Waals surface area contributed by atoms with E-state index in [9.17, 15) is 9.90 Å². The van der Waals surface area contributed by atoms with Gasteiger partial charge in [-0.1, -0.05) is 36.6 Å².